The summed E-state index contributed by atoms with van der Waals surface area (Å²) in [6.45, 7) is 2.06. The predicted molar refractivity (Wildman–Crippen MR) is 86.2 cm³/mol. The van der Waals surface area contributed by atoms with E-state index in [-0.39, 0.29) is 24.5 Å². The number of ether oxygens (including phenoxy) is 2. The van der Waals surface area contributed by atoms with Gasteiger partial charge in [0.05, 0.1) is 11.8 Å². The van der Waals surface area contributed by atoms with Crippen molar-refractivity contribution in [2.45, 2.75) is 17.9 Å². The van der Waals surface area contributed by atoms with E-state index in [1.165, 1.54) is 6.07 Å². The molecule has 0 bridgehead atoms. The first-order valence-electron chi connectivity index (χ1n) is 7.29. The number of fused-ring (bicyclic) bond motifs is 1. The molecule has 0 saturated heterocycles. The van der Waals surface area contributed by atoms with E-state index >= 15 is 0 Å². The second kappa shape index (κ2) is 7.09. The average molecular weight is 351 g/mol. The summed E-state index contributed by atoms with van der Waals surface area (Å²) in [5.41, 5.74) is 0.894. The molecule has 0 unspecified atom stereocenters. The van der Waals surface area contributed by atoms with Crippen LogP contribution in [0.1, 0.15) is 18.5 Å². The Morgan fingerprint density at radius 2 is 1.96 bits per heavy atom. The quantitative estimate of drug-likeness (QED) is 0.835. The van der Waals surface area contributed by atoms with Crippen molar-refractivity contribution >= 4 is 17.7 Å². The molecule has 1 amide bonds. The first-order valence-corrected chi connectivity index (χ1v) is 8.28. The summed E-state index contributed by atoms with van der Waals surface area (Å²) in [5, 5.41) is 2.86. The Hall–Kier alpha value is -2.28. The van der Waals surface area contributed by atoms with Crippen LogP contribution in [0.2, 0.25) is 0 Å². The highest BCUT2D eigenvalue weighted by atomic mass is 32.2. The van der Waals surface area contributed by atoms with Gasteiger partial charge in [-0.25, -0.2) is 8.78 Å². The molecule has 1 atom stereocenters. The van der Waals surface area contributed by atoms with Gasteiger partial charge in [0.1, 0.15) is 0 Å². The number of carbonyl (C=O) groups excluding carboxylic acids is 1. The van der Waals surface area contributed by atoms with Crippen molar-refractivity contribution in [3.05, 3.63) is 53.6 Å². The second-order valence-corrected chi connectivity index (χ2v) is 6.32. The number of benzene rings is 2. The molecule has 1 aliphatic rings. The Morgan fingerprint density at radius 3 is 2.75 bits per heavy atom. The highest BCUT2D eigenvalue weighted by Gasteiger charge is 2.17. The highest BCUT2D eigenvalue weighted by molar-refractivity contribution is 8.00. The first-order chi connectivity index (χ1) is 11.5. The van der Waals surface area contributed by atoms with Gasteiger partial charge in [-0.05, 0) is 42.8 Å². The van der Waals surface area contributed by atoms with Crippen molar-refractivity contribution in [1.82, 2.24) is 5.32 Å². The fourth-order valence-electron chi connectivity index (χ4n) is 2.26. The van der Waals surface area contributed by atoms with Crippen molar-refractivity contribution in [1.29, 1.82) is 0 Å². The molecule has 0 radical (unpaired) electrons. The lowest BCUT2D eigenvalue weighted by atomic mass is 10.1. The Kier molecular flexibility index (Phi) is 4.89. The zero-order chi connectivity index (χ0) is 17.1. The van der Waals surface area contributed by atoms with Gasteiger partial charge in [-0.3, -0.25) is 4.79 Å². The summed E-state index contributed by atoms with van der Waals surface area (Å²) >= 11 is 1.15. The van der Waals surface area contributed by atoms with Gasteiger partial charge in [0, 0.05) is 4.90 Å². The van der Waals surface area contributed by atoms with Crippen LogP contribution in [-0.4, -0.2) is 18.5 Å². The third kappa shape index (κ3) is 3.79. The monoisotopic (exact) mass is 351 g/mol. The van der Waals surface area contributed by atoms with E-state index in [0.29, 0.717) is 16.4 Å². The Bertz CT molecular complexity index is 769. The molecule has 4 nitrogen and oxygen atoms in total. The average Bonchev–Trinajstić information content (AvgIpc) is 3.03. The van der Waals surface area contributed by atoms with Gasteiger partial charge < -0.3 is 14.8 Å². The van der Waals surface area contributed by atoms with Crippen LogP contribution in [0.25, 0.3) is 0 Å². The molecule has 2 aromatic carbocycles. The number of nitrogens with one attached hydrogen (secondary N) is 1. The molecule has 0 fully saturated rings. The lowest BCUT2D eigenvalue weighted by Crippen LogP contribution is -2.28. The summed E-state index contributed by atoms with van der Waals surface area (Å²) in [6, 6.07) is 8.85. The molecule has 1 aliphatic heterocycles. The summed E-state index contributed by atoms with van der Waals surface area (Å²) in [4.78, 5) is 12.5. The third-order valence-electron chi connectivity index (χ3n) is 3.54. The molecular weight excluding hydrogens is 336 g/mol. The maximum absolute atomic E-state index is 13.1. The van der Waals surface area contributed by atoms with E-state index in [2.05, 4.69) is 5.32 Å². The van der Waals surface area contributed by atoms with Crippen molar-refractivity contribution in [3.63, 3.8) is 0 Å². The number of amides is 1. The minimum atomic E-state index is -0.922. The molecule has 1 heterocycles. The number of hydrogen-bond donors (Lipinski definition) is 1. The predicted octanol–water partition coefficient (Wildman–Crippen LogP) is 3.66. The minimum Gasteiger partial charge on any atom is -0.454 e. The van der Waals surface area contributed by atoms with Gasteiger partial charge in [0.15, 0.2) is 23.1 Å². The third-order valence-corrected chi connectivity index (χ3v) is 4.53. The minimum absolute atomic E-state index is 0.111. The maximum Gasteiger partial charge on any atom is 0.231 e. The molecule has 126 valence electrons. The smallest absolute Gasteiger partial charge is 0.231 e. The molecule has 0 saturated carbocycles. The standard InChI is InChI=1S/C17H15F2NO3S/c1-10(11-2-5-15-16(6-11)23-9-22-15)20-17(21)8-24-12-3-4-13(18)14(19)7-12/h2-7,10H,8-9H2,1H3,(H,20,21)/t10-/m1/s1. The van der Waals surface area contributed by atoms with E-state index in [4.69, 9.17) is 9.47 Å². The van der Waals surface area contributed by atoms with E-state index in [9.17, 15) is 13.6 Å². The first kappa shape index (κ1) is 16.6. The van der Waals surface area contributed by atoms with E-state index in [1.807, 2.05) is 19.1 Å². The normalized spacial score (nSPS) is 13.6. The lowest BCUT2D eigenvalue weighted by Gasteiger charge is -2.14. The van der Waals surface area contributed by atoms with Crippen LogP contribution in [0.3, 0.4) is 0 Å². The van der Waals surface area contributed by atoms with Crippen molar-refractivity contribution < 1.29 is 23.0 Å². The summed E-state index contributed by atoms with van der Waals surface area (Å²) in [7, 11) is 0. The molecule has 0 spiro atoms. The van der Waals surface area contributed by atoms with Crippen LogP contribution in [0.4, 0.5) is 8.78 Å². The fourth-order valence-corrected chi connectivity index (χ4v) is 3.00. The van der Waals surface area contributed by atoms with Gasteiger partial charge in [-0.2, -0.15) is 0 Å². The lowest BCUT2D eigenvalue weighted by molar-refractivity contribution is -0.119. The number of rotatable bonds is 5. The molecule has 2 aromatic rings. The molecule has 7 heteroatoms. The molecular formula is C17H15F2NO3S. The Balaban J connectivity index is 1.55. The zero-order valence-electron chi connectivity index (χ0n) is 12.8. The van der Waals surface area contributed by atoms with Gasteiger partial charge in [-0.15, -0.1) is 11.8 Å². The summed E-state index contributed by atoms with van der Waals surface area (Å²) < 4.78 is 36.6. The fraction of sp³-hybridized carbons (Fsp3) is 0.235. The number of halogens is 2. The van der Waals surface area contributed by atoms with E-state index in [1.54, 1.807) is 6.07 Å². The van der Waals surface area contributed by atoms with Crippen LogP contribution in [0, 0.1) is 11.6 Å². The Labute approximate surface area is 142 Å². The molecule has 1 N–H and O–H groups in total. The van der Waals surface area contributed by atoms with Gasteiger partial charge >= 0.3 is 0 Å². The number of carbonyl (C=O) groups is 1. The zero-order valence-corrected chi connectivity index (χ0v) is 13.7. The summed E-state index contributed by atoms with van der Waals surface area (Å²) in [5.74, 6) is -0.569. The van der Waals surface area contributed by atoms with Crippen LogP contribution >= 0.6 is 11.8 Å². The molecule has 0 aromatic heterocycles. The number of thioether (sulfide) groups is 1. The van der Waals surface area contributed by atoms with E-state index < -0.39 is 11.6 Å². The molecule has 3 rings (SSSR count). The Morgan fingerprint density at radius 1 is 1.17 bits per heavy atom. The SMILES string of the molecule is C[C@@H](NC(=O)CSc1ccc(F)c(F)c1)c1ccc2c(c1)OCO2. The van der Waals surface area contributed by atoms with Crippen molar-refractivity contribution in [2.75, 3.05) is 12.5 Å². The van der Waals surface area contributed by atoms with Gasteiger partial charge in [-0.1, -0.05) is 6.07 Å². The van der Waals surface area contributed by atoms with Crippen LogP contribution < -0.4 is 14.8 Å². The number of hydrogen-bond acceptors (Lipinski definition) is 4. The maximum atomic E-state index is 13.1. The van der Waals surface area contributed by atoms with Crippen LogP contribution in [0.5, 0.6) is 11.5 Å². The van der Waals surface area contributed by atoms with Crippen molar-refractivity contribution in [2.24, 2.45) is 0 Å². The molecule has 0 aliphatic carbocycles. The topological polar surface area (TPSA) is 47.6 Å². The second-order valence-electron chi connectivity index (χ2n) is 5.27. The van der Waals surface area contributed by atoms with Crippen LogP contribution in [0.15, 0.2) is 41.3 Å². The highest BCUT2D eigenvalue weighted by Crippen LogP contribution is 2.34. The largest absolute Gasteiger partial charge is 0.454 e. The van der Waals surface area contributed by atoms with E-state index in [0.717, 1.165) is 29.5 Å². The molecule has 24 heavy (non-hydrogen) atoms. The van der Waals surface area contributed by atoms with Gasteiger partial charge in [0.2, 0.25) is 12.7 Å². The van der Waals surface area contributed by atoms with Crippen molar-refractivity contribution in [3.8, 4) is 11.5 Å². The van der Waals surface area contributed by atoms with Crippen LogP contribution in [-0.2, 0) is 4.79 Å². The van der Waals surface area contributed by atoms with Gasteiger partial charge in [0.25, 0.3) is 0 Å². The summed E-state index contributed by atoms with van der Waals surface area (Å²) in [6.07, 6.45) is 0.